The minimum Gasteiger partial charge on any atom is -0.494 e. The van der Waals surface area contributed by atoms with E-state index < -0.39 is 0 Å². The van der Waals surface area contributed by atoms with E-state index in [1.807, 2.05) is 25.1 Å². The Morgan fingerprint density at radius 2 is 1.92 bits per heavy atom. The van der Waals surface area contributed by atoms with Gasteiger partial charge >= 0.3 is 5.97 Å². The van der Waals surface area contributed by atoms with Crippen molar-refractivity contribution in [1.82, 2.24) is 0 Å². The molecule has 3 heteroatoms. The normalized spacial score (nSPS) is 11.9. The standard InChI is InChI=1S/C21H26O3/c1-3-19(24-21(22)4-2)12-6-5-9-15-23-20-14-13-17-10-7-8-11-18(17)16-20/h4,7-8,10-11,13-14,16,19H,2-3,5-6,9,12,15H2,1H3. The predicted molar refractivity (Wildman–Crippen MR) is 98.3 cm³/mol. The van der Waals surface area contributed by atoms with Crippen molar-refractivity contribution in [2.75, 3.05) is 6.61 Å². The molecule has 0 aliphatic rings. The molecule has 0 saturated carbocycles. The van der Waals surface area contributed by atoms with Gasteiger partial charge in [-0.25, -0.2) is 4.79 Å². The monoisotopic (exact) mass is 326 g/mol. The van der Waals surface area contributed by atoms with Crippen molar-refractivity contribution in [3.8, 4) is 5.75 Å². The Balaban J connectivity index is 1.65. The molecule has 128 valence electrons. The number of ether oxygens (including phenoxy) is 2. The Morgan fingerprint density at radius 3 is 2.67 bits per heavy atom. The first-order chi connectivity index (χ1) is 11.7. The highest BCUT2D eigenvalue weighted by molar-refractivity contribution is 5.83. The van der Waals surface area contributed by atoms with E-state index in [0.717, 1.165) is 37.9 Å². The van der Waals surface area contributed by atoms with E-state index >= 15 is 0 Å². The van der Waals surface area contributed by atoms with E-state index in [0.29, 0.717) is 6.61 Å². The summed E-state index contributed by atoms with van der Waals surface area (Å²) in [6, 6.07) is 14.5. The van der Waals surface area contributed by atoms with Crippen LogP contribution in [0.5, 0.6) is 5.75 Å². The molecule has 2 rings (SSSR count). The van der Waals surface area contributed by atoms with Crippen molar-refractivity contribution in [3.05, 3.63) is 55.1 Å². The number of hydrogen-bond acceptors (Lipinski definition) is 3. The summed E-state index contributed by atoms with van der Waals surface area (Å²) in [5, 5.41) is 2.43. The topological polar surface area (TPSA) is 35.5 Å². The second kappa shape index (κ2) is 9.76. The highest BCUT2D eigenvalue weighted by Gasteiger charge is 2.09. The molecule has 3 nitrogen and oxygen atoms in total. The summed E-state index contributed by atoms with van der Waals surface area (Å²) in [7, 11) is 0. The Kier molecular flexibility index (Phi) is 7.34. The molecule has 0 fully saturated rings. The lowest BCUT2D eigenvalue weighted by atomic mass is 10.1. The van der Waals surface area contributed by atoms with Crippen LogP contribution in [-0.4, -0.2) is 18.7 Å². The maximum Gasteiger partial charge on any atom is 0.330 e. The van der Waals surface area contributed by atoms with E-state index in [9.17, 15) is 4.79 Å². The van der Waals surface area contributed by atoms with Crippen molar-refractivity contribution in [2.24, 2.45) is 0 Å². The number of benzene rings is 2. The largest absolute Gasteiger partial charge is 0.494 e. The maximum absolute atomic E-state index is 11.2. The predicted octanol–water partition coefficient (Wildman–Crippen LogP) is 5.29. The summed E-state index contributed by atoms with van der Waals surface area (Å²) in [5.74, 6) is 0.585. The lowest BCUT2D eigenvalue weighted by Crippen LogP contribution is -2.15. The van der Waals surface area contributed by atoms with Crippen molar-refractivity contribution in [3.63, 3.8) is 0 Å². The van der Waals surface area contributed by atoms with Gasteiger partial charge in [-0.05, 0) is 55.0 Å². The summed E-state index contributed by atoms with van der Waals surface area (Å²) in [5.41, 5.74) is 0. The van der Waals surface area contributed by atoms with Gasteiger partial charge in [-0.3, -0.25) is 0 Å². The third kappa shape index (κ3) is 5.73. The third-order valence-electron chi connectivity index (χ3n) is 4.06. The number of carbonyl (C=O) groups is 1. The molecule has 0 N–H and O–H groups in total. The molecule has 0 aliphatic carbocycles. The zero-order chi connectivity index (χ0) is 17.2. The van der Waals surface area contributed by atoms with Crippen LogP contribution in [0.2, 0.25) is 0 Å². The van der Waals surface area contributed by atoms with E-state index in [1.165, 1.54) is 16.8 Å². The molecular formula is C21H26O3. The van der Waals surface area contributed by atoms with Gasteiger partial charge in [0.15, 0.2) is 0 Å². The van der Waals surface area contributed by atoms with Crippen molar-refractivity contribution < 1.29 is 14.3 Å². The van der Waals surface area contributed by atoms with E-state index in [2.05, 4.69) is 30.8 Å². The van der Waals surface area contributed by atoms with Crippen molar-refractivity contribution in [1.29, 1.82) is 0 Å². The van der Waals surface area contributed by atoms with E-state index in [-0.39, 0.29) is 12.1 Å². The first-order valence-electron chi connectivity index (χ1n) is 8.67. The fraction of sp³-hybridized carbons (Fsp3) is 0.381. The van der Waals surface area contributed by atoms with Gasteiger partial charge in [-0.2, -0.15) is 0 Å². The average Bonchev–Trinajstić information content (AvgIpc) is 2.63. The fourth-order valence-electron chi connectivity index (χ4n) is 2.66. The second-order valence-corrected chi connectivity index (χ2v) is 5.88. The molecule has 0 heterocycles. The first-order valence-corrected chi connectivity index (χ1v) is 8.67. The smallest absolute Gasteiger partial charge is 0.330 e. The quantitative estimate of drug-likeness (QED) is 0.338. The summed E-state index contributed by atoms with van der Waals surface area (Å²) >= 11 is 0. The summed E-state index contributed by atoms with van der Waals surface area (Å²) in [4.78, 5) is 11.2. The minimum atomic E-state index is -0.332. The number of carbonyl (C=O) groups excluding carboxylic acids is 1. The molecule has 0 spiro atoms. The average molecular weight is 326 g/mol. The molecule has 2 aromatic carbocycles. The van der Waals surface area contributed by atoms with Gasteiger partial charge in [-0.1, -0.05) is 43.8 Å². The second-order valence-electron chi connectivity index (χ2n) is 5.88. The molecule has 0 radical (unpaired) electrons. The number of hydrogen-bond donors (Lipinski definition) is 0. The van der Waals surface area contributed by atoms with Crippen LogP contribution in [0.15, 0.2) is 55.1 Å². The van der Waals surface area contributed by atoms with Gasteiger partial charge in [0.1, 0.15) is 11.9 Å². The Labute approximate surface area is 144 Å². The van der Waals surface area contributed by atoms with Crippen LogP contribution in [0.3, 0.4) is 0 Å². The van der Waals surface area contributed by atoms with Gasteiger partial charge in [-0.15, -0.1) is 0 Å². The zero-order valence-corrected chi connectivity index (χ0v) is 14.4. The van der Waals surface area contributed by atoms with Crippen LogP contribution >= 0.6 is 0 Å². The molecule has 0 saturated heterocycles. The summed E-state index contributed by atoms with van der Waals surface area (Å²) in [6.07, 6.45) is 6.05. The lowest BCUT2D eigenvalue weighted by molar-refractivity contribution is -0.143. The molecule has 24 heavy (non-hydrogen) atoms. The molecule has 2 aromatic rings. The van der Waals surface area contributed by atoms with Gasteiger partial charge in [0.05, 0.1) is 6.61 Å². The summed E-state index contributed by atoms with van der Waals surface area (Å²) in [6.45, 7) is 6.17. The minimum absolute atomic E-state index is 0.00286. The maximum atomic E-state index is 11.2. The molecule has 1 unspecified atom stereocenters. The number of rotatable bonds is 10. The molecular weight excluding hydrogens is 300 g/mol. The van der Waals surface area contributed by atoms with Crippen LogP contribution < -0.4 is 4.74 Å². The highest BCUT2D eigenvalue weighted by atomic mass is 16.5. The number of fused-ring (bicyclic) bond motifs is 1. The Bertz CT molecular complexity index is 663. The molecule has 0 bridgehead atoms. The molecule has 0 amide bonds. The van der Waals surface area contributed by atoms with Gasteiger partial charge < -0.3 is 9.47 Å². The lowest BCUT2D eigenvalue weighted by Gasteiger charge is -2.14. The van der Waals surface area contributed by atoms with E-state index in [4.69, 9.17) is 9.47 Å². The Morgan fingerprint density at radius 1 is 1.12 bits per heavy atom. The van der Waals surface area contributed by atoms with Crippen LogP contribution in [0, 0.1) is 0 Å². The SMILES string of the molecule is C=CC(=O)OC(CC)CCCCCOc1ccc2ccccc2c1. The molecule has 0 aromatic heterocycles. The van der Waals surface area contributed by atoms with Gasteiger partial charge in [0.2, 0.25) is 0 Å². The van der Waals surface area contributed by atoms with Crippen LogP contribution in [0.25, 0.3) is 10.8 Å². The van der Waals surface area contributed by atoms with E-state index in [1.54, 1.807) is 0 Å². The third-order valence-corrected chi connectivity index (χ3v) is 4.06. The number of unbranched alkanes of at least 4 members (excludes halogenated alkanes) is 2. The van der Waals surface area contributed by atoms with Crippen LogP contribution in [0.4, 0.5) is 0 Å². The van der Waals surface area contributed by atoms with Crippen molar-refractivity contribution in [2.45, 2.75) is 45.1 Å². The molecule has 1 atom stereocenters. The summed E-state index contributed by atoms with van der Waals surface area (Å²) < 4.78 is 11.1. The van der Waals surface area contributed by atoms with Gasteiger partial charge in [0, 0.05) is 6.08 Å². The van der Waals surface area contributed by atoms with Crippen molar-refractivity contribution >= 4 is 16.7 Å². The molecule has 0 aliphatic heterocycles. The highest BCUT2D eigenvalue weighted by Crippen LogP contribution is 2.21. The first kappa shape index (κ1) is 18.1. The van der Waals surface area contributed by atoms with Crippen LogP contribution in [0.1, 0.15) is 39.0 Å². The fourth-order valence-corrected chi connectivity index (χ4v) is 2.66. The Hall–Kier alpha value is -2.29. The zero-order valence-electron chi connectivity index (χ0n) is 14.4. The van der Waals surface area contributed by atoms with Crippen LogP contribution in [-0.2, 0) is 9.53 Å². The number of esters is 1. The van der Waals surface area contributed by atoms with Gasteiger partial charge in [0.25, 0.3) is 0 Å².